The fraction of sp³-hybridized carbons (Fsp3) is 0.360. The number of morpholine rings is 1. The van der Waals surface area contributed by atoms with E-state index in [1.165, 1.54) is 6.07 Å². The SMILES string of the molecule is CC1CN(c2ccc(CNC(=O)CCc3ncc(-c4ccccc4Cl)o3)cc2F)CC(C)O1. The van der Waals surface area contributed by atoms with Crippen molar-refractivity contribution >= 4 is 23.2 Å². The molecule has 0 saturated carbocycles. The number of amides is 1. The zero-order valence-electron chi connectivity index (χ0n) is 18.7. The van der Waals surface area contributed by atoms with Crippen LogP contribution in [0.1, 0.15) is 31.7 Å². The third-order valence-corrected chi connectivity index (χ3v) is 5.85. The molecule has 2 aromatic carbocycles. The maximum Gasteiger partial charge on any atom is 0.220 e. The minimum Gasteiger partial charge on any atom is -0.441 e. The number of carbonyl (C=O) groups excluding carboxylic acids is 1. The highest BCUT2D eigenvalue weighted by Gasteiger charge is 2.24. The van der Waals surface area contributed by atoms with E-state index in [1.54, 1.807) is 18.3 Å². The van der Waals surface area contributed by atoms with Gasteiger partial charge in [0.1, 0.15) is 5.82 Å². The molecular formula is C25H27ClFN3O3. The lowest BCUT2D eigenvalue weighted by Crippen LogP contribution is -2.45. The van der Waals surface area contributed by atoms with Gasteiger partial charge in [0.15, 0.2) is 11.7 Å². The van der Waals surface area contributed by atoms with Crippen molar-refractivity contribution in [3.05, 3.63) is 71.0 Å². The molecule has 8 heteroatoms. The smallest absolute Gasteiger partial charge is 0.220 e. The number of rotatable bonds is 7. The Kier molecular flexibility index (Phi) is 7.30. The molecule has 1 saturated heterocycles. The van der Waals surface area contributed by atoms with Gasteiger partial charge in [-0.05, 0) is 43.7 Å². The first-order chi connectivity index (χ1) is 15.9. The normalized spacial score (nSPS) is 18.4. The van der Waals surface area contributed by atoms with Crippen LogP contribution in [0.25, 0.3) is 11.3 Å². The van der Waals surface area contributed by atoms with E-state index in [4.69, 9.17) is 20.8 Å². The molecule has 1 aromatic heterocycles. The summed E-state index contributed by atoms with van der Waals surface area (Å²) in [5, 5.41) is 3.41. The highest BCUT2D eigenvalue weighted by molar-refractivity contribution is 6.33. The van der Waals surface area contributed by atoms with Crippen molar-refractivity contribution in [1.29, 1.82) is 0 Å². The average molecular weight is 472 g/mol. The average Bonchev–Trinajstić information content (AvgIpc) is 3.25. The molecule has 1 N–H and O–H groups in total. The molecule has 2 atom stereocenters. The van der Waals surface area contributed by atoms with Gasteiger partial charge in [-0.25, -0.2) is 9.37 Å². The Morgan fingerprint density at radius 1 is 1.21 bits per heavy atom. The lowest BCUT2D eigenvalue weighted by atomic mass is 10.1. The van der Waals surface area contributed by atoms with Gasteiger partial charge in [-0.2, -0.15) is 0 Å². The second-order valence-electron chi connectivity index (χ2n) is 8.32. The maximum atomic E-state index is 14.7. The van der Waals surface area contributed by atoms with Crippen molar-refractivity contribution in [2.75, 3.05) is 18.0 Å². The van der Waals surface area contributed by atoms with Gasteiger partial charge in [-0.3, -0.25) is 4.79 Å². The Morgan fingerprint density at radius 3 is 2.70 bits per heavy atom. The van der Waals surface area contributed by atoms with Crippen LogP contribution in [0, 0.1) is 5.82 Å². The topological polar surface area (TPSA) is 67.6 Å². The number of anilines is 1. The Bertz CT molecular complexity index is 1110. The predicted molar refractivity (Wildman–Crippen MR) is 126 cm³/mol. The van der Waals surface area contributed by atoms with E-state index in [0.717, 1.165) is 5.56 Å². The molecule has 2 heterocycles. The summed E-state index contributed by atoms with van der Waals surface area (Å²) >= 11 is 6.19. The molecule has 0 aliphatic carbocycles. The van der Waals surface area contributed by atoms with Crippen molar-refractivity contribution in [2.24, 2.45) is 0 Å². The van der Waals surface area contributed by atoms with Crippen LogP contribution < -0.4 is 10.2 Å². The van der Waals surface area contributed by atoms with E-state index in [9.17, 15) is 9.18 Å². The first-order valence-corrected chi connectivity index (χ1v) is 11.4. The minimum atomic E-state index is -0.296. The fourth-order valence-corrected chi connectivity index (χ4v) is 4.24. The molecule has 6 nitrogen and oxygen atoms in total. The summed E-state index contributed by atoms with van der Waals surface area (Å²) < 4.78 is 26.2. The van der Waals surface area contributed by atoms with Crippen LogP contribution >= 0.6 is 11.6 Å². The zero-order chi connectivity index (χ0) is 23.4. The zero-order valence-corrected chi connectivity index (χ0v) is 19.4. The quantitative estimate of drug-likeness (QED) is 0.525. The Labute approximate surface area is 197 Å². The molecule has 0 radical (unpaired) electrons. The summed E-state index contributed by atoms with van der Waals surface area (Å²) in [4.78, 5) is 18.5. The summed E-state index contributed by atoms with van der Waals surface area (Å²) in [5.74, 6) is 0.572. The summed E-state index contributed by atoms with van der Waals surface area (Å²) in [7, 11) is 0. The number of aryl methyl sites for hydroxylation is 1. The van der Waals surface area contributed by atoms with Gasteiger partial charge in [-0.1, -0.05) is 29.8 Å². The van der Waals surface area contributed by atoms with Gasteiger partial charge in [0.05, 0.1) is 29.1 Å². The summed E-state index contributed by atoms with van der Waals surface area (Å²) in [5.41, 5.74) is 2.02. The third kappa shape index (κ3) is 5.92. The van der Waals surface area contributed by atoms with Crippen LogP contribution in [-0.4, -0.2) is 36.2 Å². The first-order valence-electron chi connectivity index (χ1n) is 11.0. The molecule has 1 aliphatic heterocycles. The highest BCUT2D eigenvalue weighted by Crippen LogP contribution is 2.28. The van der Waals surface area contributed by atoms with Gasteiger partial charge >= 0.3 is 0 Å². The largest absolute Gasteiger partial charge is 0.441 e. The highest BCUT2D eigenvalue weighted by atomic mass is 35.5. The van der Waals surface area contributed by atoms with Gasteiger partial charge in [-0.15, -0.1) is 0 Å². The van der Waals surface area contributed by atoms with E-state index in [2.05, 4.69) is 10.3 Å². The molecule has 0 spiro atoms. The number of carbonyl (C=O) groups is 1. The van der Waals surface area contributed by atoms with Gasteiger partial charge in [0.2, 0.25) is 5.91 Å². The van der Waals surface area contributed by atoms with Crippen molar-refractivity contribution in [1.82, 2.24) is 10.3 Å². The van der Waals surface area contributed by atoms with Crippen molar-refractivity contribution in [3.63, 3.8) is 0 Å². The second kappa shape index (κ2) is 10.4. The van der Waals surface area contributed by atoms with Gasteiger partial charge in [0, 0.05) is 38.0 Å². The Balaban J connectivity index is 1.28. The van der Waals surface area contributed by atoms with Crippen molar-refractivity contribution in [2.45, 2.75) is 45.4 Å². The molecule has 174 valence electrons. The monoisotopic (exact) mass is 471 g/mol. The molecule has 1 aliphatic rings. The molecular weight excluding hydrogens is 445 g/mol. The lowest BCUT2D eigenvalue weighted by molar-refractivity contribution is -0.121. The molecule has 3 aromatic rings. The Hall–Kier alpha value is -2.90. The van der Waals surface area contributed by atoms with E-state index in [1.807, 2.05) is 43.0 Å². The third-order valence-electron chi connectivity index (χ3n) is 5.52. The van der Waals surface area contributed by atoms with Crippen molar-refractivity contribution < 1.29 is 18.3 Å². The Morgan fingerprint density at radius 2 is 1.97 bits per heavy atom. The van der Waals surface area contributed by atoms with E-state index < -0.39 is 0 Å². The number of benzene rings is 2. The van der Waals surface area contributed by atoms with Crippen LogP contribution in [0.3, 0.4) is 0 Å². The van der Waals surface area contributed by atoms with Gasteiger partial charge < -0.3 is 19.4 Å². The van der Waals surface area contributed by atoms with Crippen LogP contribution in [0.4, 0.5) is 10.1 Å². The van der Waals surface area contributed by atoms with Crippen LogP contribution in [0.2, 0.25) is 5.02 Å². The lowest BCUT2D eigenvalue weighted by Gasteiger charge is -2.37. The fourth-order valence-electron chi connectivity index (χ4n) is 4.01. The standard InChI is InChI=1S/C25H27ClFN3O3/c1-16-14-30(15-17(2)32-16)22-8-7-18(11-21(22)27)12-28-24(31)9-10-25-29-13-23(33-25)19-5-3-4-6-20(19)26/h3-8,11,13,16-17H,9-10,12,14-15H2,1-2H3,(H,28,31). The number of halogens is 2. The van der Waals surface area contributed by atoms with Gasteiger partial charge in [0.25, 0.3) is 0 Å². The number of hydrogen-bond acceptors (Lipinski definition) is 5. The van der Waals surface area contributed by atoms with Crippen LogP contribution in [-0.2, 0) is 22.5 Å². The predicted octanol–water partition coefficient (Wildman–Crippen LogP) is 5.00. The summed E-state index contributed by atoms with van der Waals surface area (Å²) in [6.45, 7) is 5.52. The summed E-state index contributed by atoms with van der Waals surface area (Å²) in [6.07, 6.45) is 2.28. The molecule has 2 unspecified atom stereocenters. The number of oxazole rings is 1. The van der Waals surface area contributed by atoms with Crippen molar-refractivity contribution in [3.8, 4) is 11.3 Å². The second-order valence-corrected chi connectivity index (χ2v) is 8.73. The number of ether oxygens (including phenoxy) is 1. The molecule has 4 rings (SSSR count). The first kappa shape index (κ1) is 23.3. The van der Waals surface area contributed by atoms with Crippen LogP contribution in [0.15, 0.2) is 53.1 Å². The van der Waals surface area contributed by atoms with E-state index >= 15 is 0 Å². The maximum absolute atomic E-state index is 14.7. The van der Waals surface area contributed by atoms with Crippen LogP contribution in [0.5, 0.6) is 0 Å². The number of nitrogens with zero attached hydrogens (tertiary/aromatic N) is 2. The minimum absolute atomic E-state index is 0.0523. The molecule has 0 bridgehead atoms. The number of nitrogens with one attached hydrogen (secondary N) is 1. The van der Waals surface area contributed by atoms with E-state index in [0.29, 0.717) is 47.4 Å². The number of hydrogen-bond donors (Lipinski definition) is 1. The molecule has 1 amide bonds. The molecule has 33 heavy (non-hydrogen) atoms. The number of aromatic nitrogens is 1. The van der Waals surface area contributed by atoms with E-state index in [-0.39, 0.29) is 36.9 Å². The molecule has 1 fully saturated rings. The summed E-state index contributed by atoms with van der Waals surface area (Å²) in [6, 6.07) is 12.4.